The number of hydrogen-bond acceptors (Lipinski definition) is 5. The number of ether oxygens (including phenoxy) is 2. The second-order valence-corrected chi connectivity index (χ2v) is 13.5. The van der Waals surface area contributed by atoms with Gasteiger partial charge in [-0.1, -0.05) is 139 Å². The number of nitrogens with zero attached hydrogens (tertiary/aromatic N) is 1. The van der Waals surface area contributed by atoms with E-state index >= 15 is 13.6 Å². The zero-order valence-electron chi connectivity index (χ0n) is 30.2. The van der Waals surface area contributed by atoms with Gasteiger partial charge in [-0.25, -0.2) is 22.8 Å². The van der Waals surface area contributed by atoms with E-state index in [0.29, 0.717) is 16.7 Å². The van der Waals surface area contributed by atoms with Gasteiger partial charge in [0.2, 0.25) is 40.7 Å². The minimum atomic E-state index is -2.48. The van der Waals surface area contributed by atoms with E-state index in [1.54, 1.807) is 84.9 Å². The van der Waals surface area contributed by atoms with Gasteiger partial charge in [-0.3, -0.25) is 9.69 Å². The number of carbonyl (C=O) groups excluding carboxylic acids is 3. The van der Waals surface area contributed by atoms with E-state index in [4.69, 9.17) is 15.2 Å². The molecule has 2 amide bonds. The molecule has 1 aliphatic rings. The van der Waals surface area contributed by atoms with Gasteiger partial charge in [0.05, 0.1) is 6.42 Å². The number of rotatable bonds is 11. The Bertz CT molecular complexity index is 2370. The lowest BCUT2D eigenvalue weighted by Crippen LogP contribution is -2.60. The number of amides is 2. The molecule has 0 heterocycles. The van der Waals surface area contributed by atoms with Crippen LogP contribution in [0.3, 0.4) is 0 Å². The van der Waals surface area contributed by atoms with Crippen molar-refractivity contribution in [3.8, 4) is 16.9 Å². The number of fused-ring (bicyclic) bond motifs is 3. The molecule has 0 saturated carbocycles. The van der Waals surface area contributed by atoms with Gasteiger partial charge < -0.3 is 15.2 Å². The van der Waals surface area contributed by atoms with Crippen LogP contribution in [0.1, 0.15) is 45.7 Å². The van der Waals surface area contributed by atoms with Crippen LogP contribution in [0.2, 0.25) is 0 Å². The first kappa shape index (κ1) is 38.5. The van der Waals surface area contributed by atoms with Crippen LogP contribution in [0, 0.1) is 36.0 Å². The third-order valence-corrected chi connectivity index (χ3v) is 10.1. The zero-order valence-corrected chi connectivity index (χ0v) is 30.2. The number of halogens is 5. The molecule has 0 radical (unpaired) electrons. The van der Waals surface area contributed by atoms with Crippen LogP contribution in [0.25, 0.3) is 11.1 Å². The topological polar surface area (TPSA) is 98.9 Å². The zero-order chi connectivity index (χ0) is 40.4. The molecule has 0 saturated heterocycles. The molecule has 1 atom stereocenters. The highest BCUT2D eigenvalue weighted by molar-refractivity contribution is 5.90. The number of hydrogen-bond donors (Lipinski definition) is 1. The summed E-state index contributed by atoms with van der Waals surface area (Å²) in [5, 5.41) is 0. The fourth-order valence-electron chi connectivity index (χ4n) is 7.55. The summed E-state index contributed by atoms with van der Waals surface area (Å²) < 4.78 is 84.1. The molecule has 1 unspecified atom stereocenters. The third kappa shape index (κ3) is 6.88. The van der Waals surface area contributed by atoms with Crippen molar-refractivity contribution in [3.05, 3.63) is 196 Å². The molecule has 7 nitrogen and oxygen atoms in total. The summed E-state index contributed by atoms with van der Waals surface area (Å²) in [5.74, 6) is -17.5. The third-order valence-electron chi connectivity index (χ3n) is 10.1. The summed E-state index contributed by atoms with van der Waals surface area (Å²) in [5.41, 5.74) is 9.24. The SMILES string of the molecule is Cc1ccc(C(c2ccccc2)(c2ccccc2)N(C(=O)OCC2c3ccccc3-c3ccccc32)C(CC(N)=O)C(=O)Oc2c(F)c(F)c(F)c(F)c2F)cc1. The quantitative estimate of drug-likeness (QED) is 0.0354. The molecule has 7 rings (SSSR count). The van der Waals surface area contributed by atoms with Crippen LogP contribution in [0.15, 0.2) is 133 Å². The molecular formula is C45H33F5N2O5. The normalized spacial score (nSPS) is 12.7. The Morgan fingerprint density at radius 3 is 1.56 bits per heavy atom. The fourth-order valence-corrected chi connectivity index (χ4v) is 7.55. The summed E-state index contributed by atoms with van der Waals surface area (Å²) in [6, 6.07) is 36.6. The lowest BCUT2D eigenvalue weighted by molar-refractivity contribution is -0.144. The van der Waals surface area contributed by atoms with Crippen LogP contribution in [0.4, 0.5) is 26.7 Å². The maximum Gasteiger partial charge on any atom is 0.411 e. The molecule has 57 heavy (non-hydrogen) atoms. The number of aryl methyl sites for hydroxylation is 1. The van der Waals surface area contributed by atoms with Crippen LogP contribution in [0.5, 0.6) is 5.75 Å². The lowest BCUT2D eigenvalue weighted by Gasteiger charge is -2.47. The van der Waals surface area contributed by atoms with Gasteiger partial charge >= 0.3 is 12.1 Å². The van der Waals surface area contributed by atoms with Crippen LogP contribution < -0.4 is 10.5 Å². The van der Waals surface area contributed by atoms with Crippen molar-refractivity contribution in [3.63, 3.8) is 0 Å². The molecular weight excluding hydrogens is 743 g/mol. The first-order valence-electron chi connectivity index (χ1n) is 17.8. The molecule has 1 aliphatic carbocycles. The second-order valence-electron chi connectivity index (χ2n) is 13.5. The highest BCUT2D eigenvalue weighted by Crippen LogP contribution is 2.47. The van der Waals surface area contributed by atoms with Gasteiger partial charge in [0.15, 0.2) is 0 Å². The lowest BCUT2D eigenvalue weighted by atomic mass is 9.74. The molecule has 6 aromatic rings. The van der Waals surface area contributed by atoms with Crippen molar-refractivity contribution < 1.29 is 45.8 Å². The summed E-state index contributed by atoms with van der Waals surface area (Å²) in [7, 11) is 0. The highest BCUT2D eigenvalue weighted by atomic mass is 19.2. The van der Waals surface area contributed by atoms with E-state index in [1.807, 2.05) is 55.5 Å². The fraction of sp³-hybridized carbons (Fsp3) is 0.133. The van der Waals surface area contributed by atoms with Crippen molar-refractivity contribution in [1.82, 2.24) is 4.90 Å². The number of nitrogens with two attached hydrogens (primary N) is 1. The van der Waals surface area contributed by atoms with Gasteiger partial charge in [-0.15, -0.1) is 0 Å². The van der Waals surface area contributed by atoms with Crippen LogP contribution in [-0.4, -0.2) is 35.5 Å². The molecule has 6 aromatic carbocycles. The minimum absolute atomic E-state index is 0.285. The molecule has 2 N–H and O–H groups in total. The second kappa shape index (κ2) is 15.7. The van der Waals surface area contributed by atoms with Crippen molar-refractivity contribution in [2.45, 2.75) is 30.8 Å². The predicted octanol–water partition coefficient (Wildman–Crippen LogP) is 9.08. The smallest absolute Gasteiger partial charge is 0.411 e. The summed E-state index contributed by atoms with van der Waals surface area (Å²) >= 11 is 0. The van der Waals surface area contributed by atoms with Crippen LogP contribution in [-0.2, 0) is 19.9 Å². The minimum Gasteiger partial charge on any atom is -0.448 e. The van der Waals surface area contributed by atoms with E-state index in [0.717, 1.165) is 32.7 Å². The van der Waals surface area contributed by atoms with Gasteiger partial charge in [-0.2, -0.15) is 8.78 Å². The molecule has 12 heteroatoms. The Labute approximate surface area is 324 Å². The largest absolute Gasteiger partial charge is 0.448 e. The maximum atomic E-state index is 15.3. The van der Waals surface area contributed by atoms with Gasteiger partial charge in [-0.05, 0) is 45.9 Å². The number of benzene rings is 6. The molecule has 0 bridgehead atoms. The Morgan fingerprint density at radius 1 is 0.632 bits per heavy atom. The number of carbonyl (C=O) groups is 3. The first-order valence-corrected chi connectivity index (χ1v) is 17.8. The monoisotopic (exact) mass is 776 g/mol. The Morgan fingerprint density at radius 2 is 1.07 bits per heavy atom. The summed E-state index contributed by atoms with van der Waals surface area (Å²) in [6.07, 6.45) is -2.24. The predicted molar refractivity (Wildman–Crippen MR) is 200 cm³/mol. The first-order chi connectivity index (χ1) is 27.4. The highest BCUT2D eigenvalue weighted by Gasteiger charge is 2.52. The number of primary amides is 1. The Kier molecular flexibility index (Phi) is 10.6. The summed E-state index contributed by atoms with van der Waals surface area (Å²) in [4.78, 5) is 43.5. The average Bonchev–Trinajstić information content (AvgIpc) is 3.55. The van der Waals surface area contributed by atoms with Gasteiger partial charge in [0.1, 0.15) is 18.2 Å². The van der Waals surface area contributed by atoms with E-state index in [1.165, 1.54) is 0 Å². The van der Waals surface area contributed by atoms with E-state index in [2.05, 4.69) is 0 Å². The van der Waals surface area contributed by atoms with Crippen molar-refractivity contribution >= 4 is 18.0 Å². The van der Waals surface area contributed by atoms with E-state index in [9.17, 15) is 22.8 Å². The van der Waals surface area contributed by atoms with Crippen molar-refractivity contribution in [1.29, 1.82) is 0 Å². The molecule has 288 valence electrons. The average molecular weight is 777 g/mol. The Balaban J connectivity index is 1.46. The van der Waals surface area contributed by atoms with Gasteiger partial charge in [0.25, 0.3) is 0 Å². The maximum absolute atomic E-state index is 15.3. The van der Waals surface area contributed by atoms with E-state index < -0.39 is 76.7 Å². The van der Waals surface area contributed by atoms with Crippen molar-refractivity contribution in [2.24, 2.45) is 5.73 Å². The van der Waals surface area contributed by atoms with Crippen LogP contribution >= 0.6 is 0 Å². The molecule has 0 aliphatic heterocycles. The molecule has 0 fully saturated rings. The summed E-state index contributed by atoms with van der Waals surface area (Å²) in [6.45, 7) is 1.55. The molecule has 0 spiro atoms. The molecule has 0 aromatic heterocycles. The Hall–Kier alpha value is -6.82. The standard InChI is InChI=1S/C45H33F5N2O5/c1-26-20-22-29(23-21-26)45(27-12-4-2-5-13-27,28-14-6-3-7-15-28)52(35(24-36(51)53)43(54)57-42-40(49)38(47)37(46)39(48)41(42)50)44(55)56-25-34-32-18-10-8-16-30(32)31-17-9-11-19-33(31)34/h2-23,34-35H,24-25H2,1H3,(H2,51,53). The van der Waals surface area contributed by atoms with Crippen molar-refractivity contribution in [2.75, 3.05) is 6.61 Å². The van der Waals surface area contributed by atoms with E-state index in [-0.39, 0.29) is 6.61 Å². The van der Waals surface area contributed by atoms with Gasteiger partial charge in [0, 0.05) is 5.92 Å². The number of esters is 1.